The molecule has 0 amide bonds. The van der Waals surface area contributed by atoms with Crippen LogP contribution in [0.25, 0.3) is 0 Å². The average Bonchev–Trinajstić information content (AvgIpc) is 2.37. The summed E-state index contributed by atoms with van der Waals surface area (Å²) in [6, 6.07) is 6.30. The number of hydrogen-bond donors (Lipinski definition) is 2. The van der Waals surface area contributed by atoms with Gasteiger partial charge in [0.2, 0.25) is 10.0 Å². The van der Waals surface area contributed by atoms with Gasteiger partial charge in [0.15, 0.2) is 0 Å². The molecule has 0 bridgehead atoms. The number of alkyl halides is 1. The van der Waals surface area contributed by atoms with Crippen LogP contribution in [0.2, 0.25) is 0 Å². The molecule has 2 atom stereocenters. The number of nitrogens with two attached hydrogens (primary N) is 1. The standard InChI is InChI=1S/C12H19FN2O3S/c1-18-12(11(14)7-13)10-5-3-9(4-6-10)8-15-19(2,16)17/h3-6,11-12,15H,7-8,14H2,1-2H3/t11-,12-/m1/s1. The minimum Gasteiger partial charge on any atom is -0.375 e. The Balaban J connectivity index is 2.75. The summed E-state index contributed by atoms with van der Waals surface area (Å²) in [6.07, 6.45) is 0.588. The third kappa shape index (κ3) is 5.23. The second-order valence-electron chi connectivity index (χ2n) is 4.31. The molecule has 1 rings (SSSR count). The van der Waals surface area contributed by atoms with Crippen LogP contribution in [-0.4, -0.2) is 34.5 Å². The molecule has 0 heterocycles. The molecule has 1 aromatic rings. The predicted molar refractivity (Wildman–Crippen MR) is 71.8 cm³/mol. The van der Waals surface area contributed by atoms with Gasteiger partial charge < -0.3 is 10.5 Å². The fourth-order valence-electron chi connectivity index (χ4n) is 1.68. The second kappa shape index (κ2) is 6.95. The molecule has 0 aromatic heterocycles. The smallest absolute Gasteiger partial charge is 0.209 e. The summed E-state index contributed by atoms with van der Waals surface area (Å²) in [5, 5.41) is 0. The largest absolute Gasteiger partial charge is 0.375 e. The molecule has 0 aliphatic carbocycles. The van der Waals surface area contributed by atoms with E-state index in [2.05, 4.69) is 4.72 Å². The van der Waals surface area contributed by atoms with Gasteiger partial charge in [-0.2, -0.15) is 0 Å². The summed E-state index contributed by atoms with van der Waals surface area (Å²) < 4.78 is 42.0. The highest BCUT2D eigenvalue weighted by Gasteiger charge is 2.19. The summed E-state index contributed by atoms with van der Waals surface area (Å²) in [4.78, 5) is 0. The fraction of sp³-hybridized carbons (Fsp3) is 0.500. The van der Waals surface area contributed by atoms with Gasteiger partial charge in [-0.3, -0.25) is 0 Å². The Morgan fingerprint density at radius 3 is 2.37 bits per heavy atom. The van der Waals surface area contributed by atoms with Gasteiger partial charge in [-0.05, 0) is 11.1 Å². The van der Waals surface area contributed by atoms with Gasteiger partial charge in [0.25, 0.3) is 0 Å². The van der Waals surface area contributed by atoms with Crippen molar-refractivity contribution in [3.8, 4) is 0 Å². The maximum absolute atomic E-state index is 12.6. The van der Waals surface area contributed by atoms with Gasteiger partial charge in [-0.25, -0.2) is 17.5 Å². The number of halogens is 1. The van der Waals surface area contributed by atoms with Gasteiger partial charge in [-0.15, -0.1) is 0 Å². The van der Waals surface area contributed by atoms with E-state index in [-0.39, 0.29) is 6.54 Å². The van der Waals surface area contributed by atoms with Crippen LogP contribution in [0.5, 0.6) is 0 Å². The number of nitrogens with one attached hydrogen (secondary N) is 1. The van der Waals surface area contributed by atoms with Crippen molar-refractivity contribution in [1.82, 2.24) is 4.72 Å². The highest BCUT2D eigenvalue weighted by atomic mass is 32.2. The maximum atomic E-state index is 12.6. The fourth-order valence-corrected chi connectivity index (χ4v) is 2.11. The number of rotatable bonds is 7. The lowest BCUT2D eigenvalue weighted by molar-refractivity contribution is 0.0720. The third-order valence-corrected chi connectivity index (χ3v) is 3.34. The van der Waals surface area contributed by atoms with E-state index in [0.717, 1.165) is 17.4 Å². The first kappa shape index (κ1) is 16.0. The normalized spacial score (nSPS) is 15.2. The van der Waals surface area contributed by atoms with Crippen LogP contribution in [0, 0.1) is 0 Å². The quantitative estimate of drug-likeness (QED) is 0.775. The molecule has 0 radical (unpaired) electrons. The van der Waals surface area contributed by atoms with Gasteiger partial charge in [0.1, 0.15) is 6.67 Å². The Labute approximate surface area is 113 Å². The first-order chi connectivity index (χ1) is 8.87. The summed E-state index contributed by atoms with van der Waals surface area (Å²) in [5.74, 6) is 0. The van der Waals surface area contributed by atoms with Crippen LogP contribution in [0.4, 0.5) is 4.39 Å². The van der Waals surface area contributed by atoms with E-state index in [4.69, 9.17) is 10.5 Å². The zero-order valence-electron chi connectivity index (χ0n) is 11.0. The van der Waals surface area contributed by atoms with E-state index < -0.39 is 28.8 Å². The second-order valence-corrected chi connectivity index (χ2v) is 6.14. The Bertz CT molecular complexity index is 490. The van der Waals surface area contributed by atoms with Crippen molar-refractivity contribution in [1.29, 1.82) is 0 Å². The Morgan fingerprint density at radius 1 is 1.37 bits per heavy atom. The predicted octanol–water partition coefficient (Wildman–Crippen LogP) is 0.720. The molecule has 0 unspecified atom stereocenters. The monoisotopic (exact) mass is 290 g/mol. The zero-order valence-corrected chi connectivity index (χ0v) is 11.8. The van der Waals surface area contributed by atoms with E-state index in [9.17, 15) is 12.8 Å². The van der Waals surface area contributed by atoms with E-state index in [1.165, 1.54) is 7.11 Å². The molecule has 0 saturated heterocycles. The van der Waals surface area contributed by atoms with Crippen LogP contribution in [-0.2, 0) is 21.3 Å². The van der Waals surface area contributed by atoms with Crippen molar-refractivity contribution < 1.29 is 17.5 Å². The van der Waals surface area contributed by atoms with Crippen molar-refractivity contribution >= 4 is 10.0 Å². The van der Waals surface area contributed by atoms with Crippen LogP contribution in [0.15, 0.2) is 24.3 Å². The SMILES string of the molecule is CO[C@H](c1ccc(CNS(C)(=O)=O)cc1)[C@H](N)CF. The zero-order chi connectivity index (χ0) is 14.5. The van der Waals surface area contributed by atoms with Crippen LogP contribution in [0.3, 0.4) is 0 Å². The molecule has 0 aliphatic rings. The van der Waals surface area contributed by atoms with Gasteiger partial charge in [-0.1, -0.05) is 24.3 Å². The van der Waals surface area contributed by atoms with E-state index >= 15 is 0 Å². The lowest BCUT2D eigenvalue weighted by Crippen LogP contribution is -2.31. The molecule has 0 saturated carbocycles. The number of sulfonamides is 1. The highest BCUT2D eigenvalue weighted by molar-refractivity contribution is 7.88. The Morgan fingerprint density at radius 2 is 1.95 bits per heavy atom. The molecule has 108 valence electrons. The van der Waals surface area contributed by atoms with Gasteiger partial charge in [0.05, 0.1) is 18.4 Å². The Hall–Kier alpha value is -1.02. The molecule has 7 heteroatoms. The molecule has 5 nitrogen and oxygen atoms in total. The van der Waals surface area contributed by atoms with Crippen molar-refractivity contribution in [2.75, 3.05) is 20.0 Å². The summed E-state index contributed by atoms with van der Waals surface area (Å²) in [5.41, 5.74) is 7.19. The maximum Gasteiger partial charge on any atom is 0.209 e. The van der Waals surface area contributed by atoms with Crippen molar-refractivity contribution in [2.24, 2.45) is 5.73 Å². The van der Waals surface area contributed by atoms with E-state index in [1.807, 2.05) is 0 Å². The summed E-state index contributed by atoms with van der Waals surface area (Å²) >= 11 is 0. The van der Waals surface area contributed by atoms with E-state index in [0.29, 0.717) is 0 Å². The number of benzene rings is 1. The first-order valence-electron chi connectivity index (χ1n) is 5.75. The average molecular weight is 290 g/mol. The topological polar surface area (TPSA) is 81.4 Å². The molecular weight excluding hydrogens is 271 g/mol. The summed E-state index contributed by atoms with van der Waals surface area (Å²) in [6.45, 7) is -0.457. The van der Waals surface area contributed by atoms with Crippen molar-refractivity contribution in [2.45, 2.75) is 18.7 Å². The molecule has 0 aliphatic heterocycles. The van der Waals surface area contributed by atoms with E-state index in [1.54, 1.807) is 24.3 Å². The summed E-state index contributed by atoms with van der Waals surface area (Å²) in [7, 11) is -1.74. The van der Waals surface area contributed by atoms with Gasteiger partial charge in [0, 0.05) is 13.7 Å². The lowest BCUT2D eigenvalue weighted by atomic mass is 10.0. The van der Waals surface area contributed by atoms with Gasteiger partial charge >= 0.3 is 0 Å². The molecule has 0 spiro atoms. The minimum absolute atomic E-state index is 0.214. The van der Waals surface area contributed by atoms with Crippen LogP contribution < -0.4 is 10.5 Å². The van der Waals surface area contributed by atoms with Crippen LogP contribution in [0.1, 0.15) is 17.2 Å². The molecule has 3 N–H and O–H groups in total. The first-order valence-corrected chi connectivity index (χ1v) is 7.64. The molecule has 1 aromatic carbocycles. The number of ether oxygens (including phenoxy) is 1. The van der Waals surface area contributed by atoms with Crippen LogP contribution >= 0.6 is 0 Å². The van der Waals surface area contributed by atoms with Crippen molar-refractivity contribution in [3.05, 3.63) is 35.4 Å². The number of methoxy groups -OCH3 is 1. The Kier molecular flexibility index (Phi) is 5.86. The number of hydrogen-bond acceptors (Lipinski definition) is 4. The minimum atomic E-state index is -3.22. The lowest BCUT2D eigenvalue weighted by Gasteiger charge is -2.20. The van der Waals surface area contributed by atoms with Crippen molar-refractivity contribution in [3.63, 3.8) is 0 Å². The molecular formula is C12H19FN2O3S. The molecule has 0 fully saturated rings. The molecule has 19 heavy (non-hydrogen) atoms. The highest BCUT2D eigenvalue weighted by Crippen LogP contribution is 2.20. The third-order valence-electron chi connectivity index (χ3n) is 2.67.